The molecule has 0 bridgehead atoms. The van der Waals surface area contributed by atoms with Crippen LogP contribution >= 0.6 is 0 Å². The average Bonchev–Trinajstić information content (AvgIpc) is 1.54. The standard InChI is InChI=1S/Bi.Cu.3NO3/c;;3*2-1(3)4/q+3;;3*-1. The number of rotatable bonds is 0. The van der Waals surface area contributed by atoms with Crippen LogP contribution in [0.15, 0.2) is 0 Å². The van der Waals surface area contributed by atoms with Crippen molar-refractivity contribution in [3.8, 4) is 0 Å². The molecule has 0 aromatic rings. The third-order valence-electron chi connectivity index (χ3n) is 0. The molecule has 0 saturated heterocycles. The predicted octanol–water partition coefficient (Wildman–Crippen LogP) is -1.10. The van der Waals surface area contributed by atoms with E-state index in [4.69, 9.17) is 46.0 Å². The van der Waals surface area contributed by atoms with Gasteiger partial charge < -0.3 is 46.0 Å². The normalized spacial score (nSPS) is 5.14. The molecule has 0 fully saturated rings. The average molecular weight is 459 g/mol. The third-order valence-corrected chi connectivity index (χ3v) is 0. The molecule has 0 heterocycles. The van der Waals surface area contributed by atoms with Crippen molar-refractivity contribution in [3.63, 3.8) is 0 Å². The summed E-state index contributed by atoms with van der Waals surface area (Å²) in [5.41, 5.74) is 0. The van der Waals surface area contributed by atoms with Crippen LogP contribution in [0.2, 0.25) is 0 Å². The van der Waals surface area contributed by atoms with Gasteiger partial charge in [-0.05, 0) is 0 Å². The van der Waals surface area contributed by atoms with Crippen LogP contribution in [0.5, 0.6) is 0 Å². The fraction of sp³-hybridized carbons (Fsp3) is 0. The molecule has 0 rings (SSSR count). The molecule has 0 atom stereocenters. The van der Waals surface area contributed by atoms with Crippen molar-refractivity contribution in [1.82, 2.24) is 0 Å². The van der Waals surface area contributed by atoms with Gasteiger partial charge in [-0.3, -0.25) is 0 Å². The Balaban J connectivity index is -0.0000000270. The van der Waals surface area contributed by atoms with Crippen LogP contribution in [0, 0.1) is 46.0 Å². The van der Waals surface area contributed by atoms with E-state index in [1.54, 1.807) is 0 Å². The van der Waals surface area contributed by atoms with Gasteiger partial charge in [-0.25, -0.2) is 0 Å². The van der Waals surface area contributed by atoms with Crippen molar-refractivity contribution >= 4 is 26.2 Å². The number of hydrogen-bond acceptors (Lipinski definition) is 9. The summed E-state index contributed by atoms with van der Waals surface area (Å²) in [4.78, 5) is 24.8. The Hall–Kier alpha value is -0.997. The van der Waals surface area contributed by atoms with Gasteiger partial charge in [0.2, 0.25) is 0 Å². The summed E-state index contributed by atoms with van der Waals surface area (Å²) in [6, 6.07) is 0. The van der Waals surface area contributed by atoms with Crippen molar-refractivity contribution < 1.29 is 32.3 Å². The van der Waals surface area contributed by atoms with Crippen LogP contribution < -0.4 is 0 Å². The summed E-state index contributed by atoms with van der Waals surface area (Å²) in [5, 5.41) is 44.2. The van der Waals surface area contributed by atoms with Crippen molar-refractivity contribution in [3.05, 3.63) is 46.0 Å². The largest absolute Gasteiger partial charge is 3.00 e. The van der Waals surface area contributed by atoms with Crippen LogP contribution in [0.1, 0.15) is 0 Å². The Morgan fingerprint density at radius 2 is 0.571 bits per heavy atom. The molecule has 12 nitrogen and oxygen atoms in total. The van der Waals surface area contributed by atoms with Crippen molar-refractivity contribution in [2.45, 2.75) is 0 Å². The summed E-state index contributed by atoms with van der Waals surface area (Å²) in [6.07, 6.45) is 0. The fourth-order valence-corrected chi connectivity index (χ4v) is 0. The first-order valence-corrected chi connectivity index (χ1v) is 1.64. The van der Waals surface area contributed by atoms with E-state index in [9.17, 15) is 0 Å². The number of nitrogens with zero attached hydrogens (tertiary/aromatic N) is 3. The van der Waals surface area contributed by atoms with Crippen molar-refractivity contribution in [2.24, 2.45) is 0 Å². The van der Waals surface area contributed by atoms with Gasteiger partial charge in [0, 0.05) is 17.1 Å². The quantitative estimate of drug-likeness (QED) is 0.245. The molecular weight excluding hydrogens is 459 g/mol. The summed E-state index contributed by atoms with van der Waals surface area (Å²) in [7, 11) is 0. The van der Waals surface area contributed by atoms with Gasteiger partial charge in [0.15, 0.2) is 0 Å². The van der Waals surface area contributed by atoms with Crippen molar-refractivity contribution in [1.29, 1.82) is 0 Å². The van der Waals surface area contributed by atoms with E-state index in [1.807, 2.05) is 0 Å². The minimum absolute atomic E-state index is 0. The van der Waals surface area contributed by atoms with E-state index in [0.717, 1.165) is 0 Å². The van der Waals surface area contributed by atoms with Crippen LogP contribution in [0.3, 0.4) is 0 Å². The Morgan fingerprint density at radius 1 is 0.571 bits per heavy atom. The molecule has 85 valence electrons. The summed E-state index contributed by atoms with van der Waals surface area (Å²) in [6.45, 7) is 0. The molecule has 0 N–H and O–H groups in total. The maximum absolute atomic E-state index is 8.25. The van der Waals surface area contributed by atoms with E-state index < -0.39 is 15.3 Å². The monoisotopic (exact) mass is 458 g/mol. The summed E-state index contributed by atoms with van der Waals surface area (Å²) < 4.78 is 0. The third kappa shape index (κ3) is 1110. The second kappa shape index (κ2) is 22.7. The zero-order chi connectivity index (χ0) is 10.7. The van der Waals surface area contributed by atoms with E-state index in [0.29, 0.717) is 0 Å². The first-order valence-electron chi connectivity index (χ1n) is 1.64. The molecule has 0 spiro atoms. The Morgan fingerprint density at radius 3 is 0.571 bits per heavy atom. The van der Waals surface area contributed by atoms with Crippen LogP contribution in [-0.2, 0) is 17.1 Å². The van der Waals surface area contributed by atoms with Gasteiger partial charge in [0.25, 0.3) is 0 Å². The maximum atomic E-state index is 8.25. The molecule has 0 aromatic carbocycles. The zero-order valence-electron chi connectivity index (χ0n) is 5.76. The predicted molar refractivity (Wildman–Crippen MR) is 36.8 cm³/mol. The second-order valence-electron chi connectivity index (χ2n) is 0.671. The van der Waals surface area contributed by atoms with E-state index in [2.05, 4.69) is 0 Å². The van der Waals surface area contributed by atoms with Crippen LogP contribution in [-0.4, -0.2) is 41.5 Å². The van der Waals surface area contributed by atoms with E-state index >= 15 is 0 Å². The maximum Gasteiger partial charge on any atom is 3.00 e. The van der Waals surface area contributed by atoms with Crippen molar-refractivity contribution in [2.75, 3.05) is 0 Å². The molecule has 14 heteroatoms. The first kappa shape index (κ1) is 29.2. The van der Waals surface area contributed by atoms with Gasteiger partial charge in [-0.15, -0.1) is 0 Å². The fourth-order valence-electron chi connectivity index (χ4n) is 0. The molecule has 0 aliphatic rings. The smallest absolute Gasteiger partial charge is 0.356 e. The Labute approximate surface area is 104 Å². The Bertz CT molecular complexity index is 118. The van der Waals surface area contributed by atoms with Gasteiger partial charge >= 0.3 is 26.2 Å². The molecule has 0 unspecified atom stereocenters. The summed E-state index contributed by atoms with van der Waals surface area (Å²) in [5.74, 6) is 0. The molecule has 0 aliphatic heterocycles. The summed E-state index contributed by atoms with van der Waals surface area (Å²) >= 11 is 0. The van der Waals surface area contributed by atoms with Gasteiger partial charge in [0.05, 0.1) is 15.3 Å². The zero-order valence-corrected chi connectivity index (χ0v) is 10.2. The molecule has 0 aliphatic carbocycles. The molecule has 14 heavy (non-hydrogen) atoms. The first-order chi connectivity index (χ1) is 5.20. The van der Waals surface area contributed by atoms with Crippen LogP contribution in [0.4, 0.5) is 0 Å². The number of hydrogen-bond donors (Lipinski definition) is 0. The Kier molecular flexibility index (Phi) is 47.4. The SMILES string of the molecule is O=[N+]([O-])[O-].O=[N+]([O-])[O-].O=[N+]([O-])[O-].[Bi+3].[Cu]. The van der Waals surface area contributed by atoms with Crippen LogP contribution in [0.25, 0.3) is 0 Å². The topological polar surface area (TPSA) is 199 Å². The van der Waals surface area contributed by atoms with E-state index in [-0.39, 0.29) is 43.3 Å². The molecule has 0 saturated carbocycles. The van der Waals surface area contributed by atoms with Gasteiger partial charge in [-0.2, -0.15) is 0 Å². The minimum Gasteiger partial charge on any atom is -0.356 e. The molecule has 0 aromatic heterocycles. The second-order valence-corrected chi connectivity index (χ2v) is 0.671. The molecule has 3 radical (unpaired) electrons. The molecular formula is BiCuN3O9. The van der Waals surface area contributed by atoms with Gasteiger partial charge in [-0.1, -0.05) is 0 Å². The minimum atomic E-state index is -1.75. The molecule has 0 amide bonds. The van der Waals surface area contributed by atoms with Gasteiger partial charge in [0.1, 0.15) is 0 Å². The van der Waals surface area contributed by atoms with E-state index in [1.165, 1.54) is 0 Å².